The predicted molar refractivity (Wildman–Crippen MR) is 77.7 cm³/mol. The number of hydrogen-bond donors (Lipinski definition) is 2. The Hall–Kier alpha value is -1.88. The lowest BCUT2D eigenvalue weighted by Gasteiger charge is -2.17. The van der Waals surface area contributed by atoms with Gasteiger partial charge in [0.05, 0.1) is 6.04 Å². The molecule has 2 saturated heterocycles. The molecule has 2 aliphatic heterocycles. The van der Waals surface area contributed by atoms with Gasteiger partial charge in [0, 0.05) is 24.3 Å². The maximum atomic E-state index is 12.1. The number of carbonyl (C=O) groups excluding carboxylic acids is 2. The molecule has 2 N–H and O–H groups in total. The Balaban J connectivity index is 1.70. The van der Waals surface area contributed by atoms with Gasteiger partial charge in [-0.3, -0.25) is 9.59 Å². The number of nitrogens with zero attached hydrogens (tertiary/aromatic N) is 1. The van der Waals surface area contributed by atoms with Crippen molar-refractivity contribution in [2.24, 2.45) is 0 Å². The fourth-order valence-corrected chi connectivity index (χ4v) is 2.81. The van der Waals surface area contributed by atoms with E-state index in [0.717, 1.165) is 43.7 Å². The summed E-state index contributed by atoms with van der Waals surface area (Å²) in [7, 11) is 0. The van der Waals surface area contributed by atoms with Crippen molar-refractivity contribution in [1.29, 1.82) is 0 Å². The first kappa shape index (κ1) is 13.1. The van der Waals surface area contributed by atoms with Crippen LogP contribution in [0.2, 0.25) is 0 Å². The van der Waals surface area contributed by atoms with Crippen LogP contribution in [0.5, 0.6) is 0 Å². The second-order valence-electron chi connectivity index (χ2n) is 5.34. The van der Waals surface area contributed by atoms with Gasteiger partial charge in [-0.2, -0.15) is 0 Å². The van der Waals surface area contributed by atoms with E-state index < -0.39 is 0 Å². The molecule has 5 heteroatoms. The molecule has 1 atom stereocenters. The van der Waals surface area contributed by atoms with Crippen molar-refractivity contribution in [3.8, 4) is 0 Å². The summed E-state index contributed by atoms with van der Waals surface area (Å²) in [6.07, 6.45) is 3.44. The molecule has 106 valence electrons. The molecule has 3 rings (SSSR count). The average Bonchev–Trinajstić information content (AvgIpc) is 3.10. The normalized spacial score (nSPS) is 22.3. The Morgan fingerprint density at radius 2 is 2.25 bits per heavy atom. The molecule has 20 heavy (non-hydrogen) atoms. The van der Waals surface area contributed by atoms with E-state index in [9.17, 15) is 9.59 Å². The predicted octanol–water partition coefficient (Wildman–Crippen LogP) is 1.50. The number of amides is 2. The van der Waals surface area contributed by atoms with Crippen molar-refractivity contribution in [3.63, 3.8) is 0 Å². The molecule has 2 heterocycles. The first-order valence-corrected chi connectivity index (χ1v) is 7.19. The molecule has 0 saturated carbocycles. The van der Waals surface area contributed by atoms with Gasteiger partial charge in [0.25, 0.3) is 0 Å². The van der Waals surface area contributed by atoms with Crippen LogP contribution in [0, 0.1) is 0 Å². The third-order valence-electron chi connectivity index (χ3n) is 3.88. The largest absolute Gasteiger partial charge is 0.325 e. The van der Waals surface area contributed by atoms with Gasteiger partial charge in [0.1, 0.15) is 0 Å². The van der Waals surface area contributed by atoms with E-state index in [1.165, 1.54) is 0 Å². The fourth-order valence-electron chi connectivity index (χ4n) is 2.81. The second-order valence-corrected chi connectivity index (χ2v) is 5.34. The molecule has 0 aromatic heterocycles. The van der Waals surface area contributed by atoms with Crippen LogP contribution >= 0.6 is 0 Å². The van der Waals surface area contributed by atoms with Crippen molar-refractivity contribution in [3.05, 3.63) is 24.3 Å². The minimum Gasteiger partial charge on any atom is -0.325 e. The van der Waals surface area contributed by atoms with Crippen LogP contribution in [0.4, 0.5) is 11.4 Å². The van der Waals surface area contributed by atoms with E-state index in [2.05, 4.69) is 10.6 Å². The first-order chi connectivity index (χ1) is 9.74. The zero-order valence-electron chi connectivity index (χ0n) is 11.4. The van der Waals surface area contributed by atoms with Gasteiger partial charge < -0.3 is 15.5 Å². The number of anilines is 2. The summed E-state index contributed by atoms with van der Waals surface area (Å²) in [5.41, 5.74) is 1.62. The monoisotopic (exact) mass is 273 g/mol. The Labute approximate surface area is 118 Å². The van der Waals surface area contributed by atoms with Crippen molar-refractivity contribution in [2.45, 2.75) is 31.7 Å². The topological polar surface area (TPSA) is 61.4 Å². The minimum atomic E-state index is -0.0907. The number of hydrogen-bond acceptors (Lipinski definition) is 3. The van der Waals surface area contributed by atoms with E-state index in [0.29, 0.717) is 6.42 Å². The zero-order valence-corrected chi connectivity index (χ0v) is 11.4. The van der Waals surface area contributed by atoms with Crippen molar-refractivity contribution in [2.75, 3.05) is 23.3 Å². The standard InChI is InChI=1S/C15H19N3O2/c19-14-7-3-9-18(14)12-5-1-4-11(10-12)17-15(20)13-6-2-8-16-13/h1,4-5,10,13,16H,2-3,6-9H2,(H,17,20)/t13-/m0/s1. The maximum Gasteiger partial charge on any atom is 0.241 e. The lowest BCUT2D eigenvalue weighted by atomic mass is 10.2. The second kappa shape index (κ2) is 5.63. The summed E-state index contributed by atoms with van der Waals surface area (Å²) >= 11 is 0. The lowest BCUT2D eigenvalue weighted by Crippen LogP contribution is -2.35. The van der Waals surface area contributed by atoms with Crippen LogP contribution in [0.3, 0.4) is 0 Å². The molecule has 0 unspecified atom stereocenters. The van der Waals surface area contributed by atoms with Crippen molar-refractivity contribution >= 4 is 23.2 Å². The molecule has 1 aromatic carbocycles. The fraction of sp³-hybridized carbons (Fsp3) is 0.467. The molecular weight excluding hydrogens is 254 g/mol. The summed E-state index contributed by atoms with van der Waals surface area (Å²) in [4.78, 5) is 25.6. The van der Waals surface area contributed by atoms with Crippen LogP contribution < -0.4 is 15.5 Å². The van der Waals surface area contributed by atoms with Gasteiger partial charge in [-0.1, -0.05) is 6.07 Å². The summed E-state index contributed by atoms with van der Waals surface area (Å²) in [6, 6.07) is 7.42. The number of nitrogens with one attached hydrogen (secondary N) is 2. The van der Waals surface area contributed by atoms with Crippen LogP contribution in [-0.2, 0) is 9.59 Å². The number of benzene rings is 1. The molecule has 1 aromatic rings. The third kappa shape index (κ3) is 2.67. The number of rotatable bonds is 3. The average molecular weight is 273 g/mol. The third-order valence-corrected chi connectivity index (χ3v) is 3.88. The Morgan fingerprint density at radius 1 is 1.35 bits per heavy atom. The van der Waals surface area contributed by atoms with E-state index in [1.54, 1.807) is 4.90 Å². The molecular formula is C15H19N3O2. The quantitative estimate of drug-likeness (QED) is 0.877. The zero-order chi connectivity index (χ0) is 13.9. The minimum absolute atomic E-state index is 0.00685. The Bertz CT molecular complexity index is 524. The maximum absolute atomic E-state index is 12.1. The lowest BCUT2D eigenvalue weighted by molar-refractivity contribution is -0.118. The summed E-state index contributed by atoms with van der Waals surface area (Å²) in [5.74, 6) is 0.165. The summed E-state index contributed by atoms with van der Waals surface area (Å²) in [5, 5.41) is 6.10. The van der Waals surface area contributed by atoms with E-state index in [4.69, 9.17) is 0 Å². The van der Waals surface area contributed by atoms with E-state index in [-0.39, 0.29) is 17.9 Å². The molecule has 0 aliphatic carbocycles. The van der Waals surface area contributed by atoms with E-state index >= 15 is 0 Å². The highest BCUT2D eigenvalue weighted by Crippen LogP contribution is 2.24. The number of carbonyl (C=O) groups is 2. The van der Waals surface area contributed by atoms with Crippen LogP contribution in [0.15, 0.2) is 24.3 Å². The Kier molecular flexibility index (Phi) is 3.69. The highest BCUT2D eigenvalue weighted by molar-refractivity contribution is 5.98. The van der Waals surface area contributed by atoms with Crippen LogP contribution in [0.1, 0.15) is 25.7 Å². The van der Waals surface area contributed by atoms with Gasteiger partial charge in [-0.05, 0) is 44.0 Å². The molecule has 0 bridgehead atoms. The van der Waals surface area contributed by atoms with Crippen LogP contribution in [0.25, 0.3) is 0 Å². The molecule has 2 aliphatic rings. The van der Waals surface area contributed by atoms with Crippen molar-refractivity contribution < 1.29 is 9.59 Å². The van der Waals surface area contributed by atoms with Gasteiger partial charge in [0.15, 0.2) is 0 Å². The van der Waals surface area contributed by atoms with E-state index in [1.807, 2.05) is 24.3 Å². The molecule has 5 nitrogen and oxygen atoms in total. The van der Waals surface area contributed by atoms with Crippen LogP contribution in [-0.4, -0.2) is 30.9 Å². The summed E-state index contributed by atoms with van der Waals surface area (Å²) < 4.78 is 0. The molecule has 0 spiro atoms. The van der Waals surface area contributed by atoms with Gasteiger partial charge in [-0.15, -0.1) is 0 Å². The molecule has 2 amide bonds. The first-order valence-electron chi connectivity index (χ1n) is 7.19. The molecule has 2 fully saturated rings. The van der Waals surface area contributed by atoms with Gasteiger partial charge >= 0.3 is 0 Å². The van der Waals surface area contributed by atoms with Crippen molar-refractivity contribution in [1.82, 2.24) is 5.32 Å². The highest BCUT2D eigenvalue weighted by atomic mass is 16.2. The highest BCUT2D eigenvalue weighted by Gasteiger charge is 2.23. The van der Waals surface area contributed by atoms with Gasteiger partial charge in [-0.25, -0.2) is 0 Å². The smallest absolute Gasteiger partial charge is 0.241 e. The Morgan fingerprint density at radius 3 is 2.95 bits per heavy atom. The van der Waals surface area contributed by atoms with Gasteiger partial charge in [0.2, 0.25) is 11.8 Å². The summed E-state index contributed by atoms with van der Waals surface area (Å²) in [6.45, 7) is 1.67. The molecule has 0 radical (unpaired) electrons. The SMILES string of the molecule is O=C(Nc1cccc(N2CCCC2=O)c1)[C@@H]1CCCN1.